The number of hydrogen-bond acceptors (Lipinski definition) is 3. The van der Waals surface area contributed by atoms with Crippen LogP contribution in [0.5, 0.6) is 0 Å². The van der Waals surface area contributed by atoms with E-state index < -0.39 is 0 Å². The number of pyridine rings is 1. The highest BCUT2D eigenvalue weighted by Crippen LogP contribution is 2.28. The molecule has 2 N–H and O–H groups in total. The summed E-state index contributed by atoms with van der Waals surface area (Å²) in [4.78, 5) is 7.33. The molecule has 0 bridgehead atoms. The molecule has 0 atom stereocenters. The smallest absolute Gasteiger partial charge is 0.133 e. The molecule has 3 rings (SSSR count). The van der Waals surface area contributed by atoms with Crippen LogP contribution in [0.2, 0.25) is 0 Å². The van der Waals surface area contributed by atoms with Crippen LogP contribution in [0, 0.1) is 5.92 Å². The largest absolute Gasteiger partial charge is 0.356 e. The minimum absolute atomic E-state index is 0.556. The van der Waals surface area contributed by atoms with Crippen LogP contribution in [0.1, 0.15) is 37.8 Å². The van der Waals surface area contributed by atoms with E-state index in [1.165, 1.54) is 29.4 Å². The molecule has 2 heterocycles. The van der Waals surface area contributed by atoms with E-state index in [0.29, 0.717) is 6.54 Å². The zero-order valence-corrected chi connectivity index (χ0v) is 13.1. The summed E-state index contributed by atoms with van der Waals surface area (Å²) in [6, 6.07) is 8.79. The Balaban J connectivity index is 2.01. The second-order valence-electron chi connectivity index (χ2n) is 6.23. The molecule has 1 aromatic carbocycles. The Kier molecular flexibility index (Phi) is 4.11. The van der Waals surface area contributed by atoms with Crippen molar-refractivity contribution in [2.45, 2.75) is 39.7 Å². The SMILES string of the molecule is CCc1ccc2nc(N3CCC(C)CC3)c(CN)cc2c1. The van der Waals surface area contributed by atoms with Crippen molar-refractivity contribution in [3.8, 4) is 0 Å². The van der Waals surface area contributed by atoms with Gasteiger partial charge in [0.1, 0.15) is 5.82 Å². The van der Waals surface area contributed by atoms with Crippen LogP contribution in [0.25, 0.3) is 10.9 Å². The topological polar surface area (TPSA) is 42.2 Å². The molecule has 0 saturated carbocycles. The Morgan fingerprint density at radius 3 is 2.67 bits per heavy atom. The van der Waals surface area contributed by atoms with Gasteiger partial charge < -0.3 is 10.6 Å². The molecule has 0 unspecified atom stereocenters. The van der Waals surface area contributed by atoms with Gasteiger partial charge >= 0.3 is 0 Å². The number of nitrogens with zero attached hydrogens (tertiary/aromatic N) is 2. The molecule has 0 amide bonds. The van der Waals surface area contributed by atoms with Crippen molar-refractivity contribution in [1.29, 1.82) is 0 Å². The van der Waals surface area contributed by atoms with Crippen molar-refractivity contribution in [3.63, 3.8) is 0 Å². The first-order chi connectivity index (χ1) is 10.2. The number of aromatic nitrogens is 1. The summed E-state index contributed by atoms with van der Waals surface area (Å²) < 4.78 is 0. The van der Waals surface area contributed by atoms with Gasteiger partial charge in [0, 0.05) is 30.6 Å². The van der Waals surface area contributed by atoms with Gasteiger partial charge in [-0.15, -0.1) is 0 Å². The Hall–Kier alpha value is -1.61. The maximum Gasteiger partial charge on any atom is 0.133 e. The third kappa shape index (κ3) is 2.88. The normalized spacial score (nSPS) is 16.6. The Labute approximate surface area is 127 Å². The predicted molar refractivity (Wildman–Crippen MR) is 89.6 cm³/mol. The first-order valence-corrected chi connectivity index (χ1v) is 8.08. The second-order valence-corrected chi connectivity index (χ2v) is 6.23. The van der Waals surface area contributed by atoms with Gasteiger partial charge in [0.25, 0.3) is 0 Å². The summed E-state index contributed by atoms with van der Waals surface area (Å²) in [7, 11) is 0. The van der Waals surface area contributed by atoms with Gasteiger partial charge in [0.05, 0.1) is 5.52 Å². The summed E-state index contributed by atoms with van der Waals surface area (Å²) in [5, 5.41) is 1.21. The molecular weight excluding hydrogens is 258 g/mol. The lowest BCUT2D eigenvalue weighted by molar-refractivity contribution is 0.436. The second kappa shape index (κ2) is 6.02. The van der Waals surface area contributed by atoms with E-state index in [1.807, 2.05) is 0 Å². The van der Waals surface area contributed by atoms with E-state index in [2.05, 4.69) is 43.0 Å². The number of fused-ring (bicyclic) bond motifs is 1. The van der Waals surface area contributed by atoms with E-state index in [-0.39, 0.29) is 0 Å². The zero-order valence-electron chi connectivity index (χ0n) is 13.1. The summed E-state index contributed by atoms with van der Waals surface area (Å²) in [6.45, 7) is 7.27. The molecule has 0 radical (unpaired) electrons. The lowest BCUT2D eigenvalue weighted by atomic mass is 9.98. The van der Waals surface area contributed by atoms with Crippen molar-refractivity contribution in [2.75, 3.05) is 18.0 Å². The number of anilines is 1. The van der Waals surface area contributed by atoms with Gasteiger partial charge in [-0.25, -0.2) is 4.98 Å². The van der Waals surface area contributed by atoms with Gasteiger partial charge in [-0.3, -0.25) is 0 Å². The quantitative estimate of drug-likeness (QED) is 0.937. The van der Waals surface area contributed by atoms with E-state index >= 15 is 0 Å². The monoisotopic (exact) mass is 283 g/mol. The maximum atomic E-state index is 5.98. The van der Waals surface area contributed by atoms with Crippen molar-refractivity contribution in [3.05, 3.63) is 35.4 Å². The summed E-state index contributed by atoms with van der Waals surface area (Å²) >= 11 is 0. The highest BCUT2D eigenvalue weighted by molar-refractivity contribution is 5.82. The fraction of sp³-hybridized carbons (Fsp3) is 0.500. The van der Waals surface area contributed by atoms with Crippen molar-refractivity contribution in [1.82, 2.24) is 4.98 Å². The van der Waals surface area contributed by atoms with Gasteiger partial charge in [-0.1, -0.05) is 19.9 Å². The average Bonchev–Trinajstić information content (AvgIpc) is 2.53. The molecule has 2 aromatic rings. The van der Waals surface area contributed by atoms with E-state index in [1.54, 1.807) is 0 Å². The molecule has 1 aromatic heterocycles. The molecule has 21 heavy (non-hydrogen) atoms. The lowest BCUT2D eigenvalue weighted by Crippen LogP contribution is -2.34. The highest BCUT2D eigenvalue weighted by atomic mass is 15.2. The fourth-order valence-corrected chi connectivity index (χ4v) is 3.12. The fourth-order valence-electron chi connectivity index (χ4n) is 3.12. The number of hydrogen-bond donors (Lipinski definition) is 1. The number of rotatable bonds is 3. The van der Waals surface area contributed by atoms with Crippen LogP contribution in [0.3, 0.4) is 0 Å². The van der Waals surface area contributed by atoms with Crippen LogP contribution < -0.4 is 10.6 Å². The zero-order chi connectivity index (χ0) is 14.8. The van der Waals surface area contributed by atoms with Crippen LogP contribution >= 0.6 is 0 Å². The highest BCUT2D eigenvalue weighted by Gasteiger charge is 2.19. The van der Waals surface area contributed by atoms with Crippen LogP contribution in [0.4, 0.5) is 5.82 Å². The summed E-state index contributed by atoms with van der Waals surface area (Å²) in [6.07, 6.45) is 3.55. The molecule has 3 heteroatoms. The maximum absolute atomic E-state index is 5.98. The van der Waals surface area contributed by atoms with Gasteiger partial charge in [-0.05, 0) is 48.9 Å². The Bertz CT molecular complexity index is 628. The Morgan fingerprint density at radius 2 is 2.00 bits per heavy atom. The molecule has 1 aliphatic heterocycles. The third-order valence-electron chi connectivity index (χ3n) is 4.65. The van der Waals surface area contributed by atoms with E-state index in [4.69, 9.17) is 10.7 Å². The number of aryl methyl sites for hydroxylation is 1. The number of nitrogens with two attached hydrogens (primary N) is 1. The minimum atomic E-state index is 0.556. The molecular formula is C18H25N3. The van der Waals surface area contributed by atoms with Gasteiger partial charge in [0.15, 0.2) is 0 Å². The third-order valence-corrected chi connectivity index (χ3v) is 4.65. The number of benzene rings is 1. The van der Waals surface area contributed by atoms with Crippen LogP contribution in [-0.4, -0.2) is 18.1 Å². The van der Waals surface area contributed by atoms with E-state index in [0.717, 1.165) is 36.8 Å². The molecule has 112 valence electrons. The summed E-state index contributed by atoms with van der Waals surface area (Å²) in [5.41, 5.74) is 9.59. The predicted octanol–water partition coefficient (Wildman–Crippen LogP) is 3.49. The van der Waals surface area contributed by atoms with E-state index in [9.17, 15) is 0 Å². The van der Waals surface area contributed by atoms with Crippen LogP contribution in [0.15, 0.2) is 24.3 Å². The first-order valence-electron chi connectivity index (χ1n) is 8.08. The van der Waals surface area contributed by atoms with Crippen molar-refractivity contribution >= 4 is 16.7 Å². The summed E-state index contributed by atoms with van der Waals surface area (Å²) in [5.74, 6) is 1.93. The molecule has 3 nitrogen and oxygen atoms in total. The van der Waals surface area contributed by atoms with Crippen molar-refractivity contribution in [2.24, 2.45) is 11.7 Å². The molecule has 1 saturated heterocycles. The van der Waals surface area contributed by atoms with Crippen LogP contribution in [-0.2, 0) is 13.0 Å². The Morgan fingerprint density at radius 1 is 1.24 bits per heavy atom. The van der Waals surface area contributed by atoms with Gasteiger partial charge in [-0.2, -0.15) is 0 Å². The van der Waals surface area contributed by atoms with Gasteiger partial charge in [0.2, 0.25) is 0 Å². The van der Waals surface area contributed by atoms with Crippen molar-refractivity contribution < 1.29 is 0 Å². The first kappa shape index (κ1) is 14.3. The molecule has 0 spiro atoms. The minimum Gasteiger partial charge on any atom is -0.356 e. The number of piperidine rings is 1. The lowest BCUT2D eigenvalue weighted by Gasteiger charge is -2.32. The molecule has 1 fully saturated rings. The standard InChI is InChI=1S/C18H25N3/c1-3-14-4-5-17-15(10-14)11-16(12-19)18(20-17)21-8-6-13(2)7-9-21/h4-5,10-11,13H,3,6-9,12,19H2,1-2H3. The average molecular weight is 283 g/mol. The molecule has 0 aliphatic carbocycles. The molecule has 1 aliphatic rings.